The summed E-state index contributed by atoms with van der Waals surface area (Å²) in [7, 11) is 0. The lowest BCUT2D eigenvalue weighted by Gasteiger charge is -2.08. The third-order valence-electron chi connectivity index (χ3n) is 5.16. The minimum atomic E-state index is -0.276. The topological polar surface area (TPSA) is 55.1 Å². The van der Waals surface area contributed by atoms with Gasteiger partial charge in [0.25, 0.3) is 5.91 Å². The van der Waals surface area contributed by atoms with Crippen LogP contribution in [0.25, 0.3) is 22.6 Å². The van der Waals surface area contributed by atoms with E-state index in [-0.39, 0.29) is 5.91 Å². The zero-order chi connectivity index (χ0) is 21.3. The fourth-order valence-corrected chi connectivity index (χ4v) is 3.45. The van der Waals surface area contributed by atoms with Gasteiger partial charge in [-0.2, -0.15) is 0 Å². The Hall–Kier alpha value is -2.82. The average Bonchev–Trinajstić information content (AvgIpc) is 3.18. The van der Waals surface area contributed by atoms with Crippen molar-refractivity contribution in [2.75, 3.05) is 5.32 Å². The Morgan fingerprint density at radius 2 is 1.83 bits per heavy atom. The van der Waals surface area contributed by atoms with Gasteiger partial charge < -0.3 is 9.73 Å². The minimum Gasteiger partial charge on any atom is -0.436 e. The van der Waals surface area contributed by atoms with Crippen molar-refractivity contribution in [2.24, 2.45) is 0 Å². The molecule has 4 nitrogen and oxygen atoms in total. The second-order valence-electron chi connectivity index (χ2n) is 7.21. The van der Waals surface area contributed by atoms with Crippen LogP contribution in [0.5, 0.6) is 0 Å². The van der Waals surface area contributed by atoms with Gasteiger partial charge in [-0.05, 0) is 72.5 Å². The molecular formula is C24H20Cl2N2O2. The van der Waals surface area contributed by atoms with E-state index in [1.807, 2.05) is 12.1 Å². The van der Waals surface area contributed by atoms with Crippen LogP contribution in [-0.2, 0) is 0 Å². The average molecular weight is 439 g/mol. The molecule has 3 aromatic carbocycles. The fraction of sp³-hybridized carbons (Fsp3) is 0.167. The molecule has 4 aromatic rings. The van der Waals surface area contributed by atoms with Crippen molar-refractivity contribution in [3.8, 4) is 11.5 Å². The SMILES string of the molecule is CCC(C)c1ccc2oc(-c3ccc(Cl)c(NC(=O)c4ccc(Cl)cc4)c3)nc2c1. The third-order valence-corrected chi connectivity index (χ3v) is 5.74. The Bertz CT molecular complexity index is 1220. The van der Waals surface area contributed by atoms with Crippen molar-refractivity contribution in [1.82, 2.24) is 4.98 Å². The number of halogens is 2. The number of benzene rings is 3. The maximum Gasteiger partial charge on any atom is 0.255 e. The maximum atomic E-state index is 12.5. The zero-order valence-electron chi connectivity index (χ0n) is 16.6. The predicted molar refractivity (Wildman–Crippen MR) is 123 cm³/mol. The predicted octanol–water partition coefficient (Wildman–Crippen LogP) is 7.57. The number of amides is 1. The highest BCUT2D eigenvalue weighted by molar-refractivity contribution is 6.34. The normalized spacial score (nSPS) is 12.1. The van der Waals surface area contributed by atoms with Gasteiger partial charge in [-0.15, -0.1) is 0 Å². The monoisotopic (exact) mass is 438 g/mol. The molecular weight excluding hydrogens is 419 g/mol. The fourth-order valence-electron chi connectivity index (χ4n) is 3.16. The molecule has 0 spiro atoms. The van der Waals surface area contributed by atoms with Crippen LogP contribution >= 0.6 is 23.2 Å². The molecule has 1 heterocycles. The molecule has 6 heteroatoms. The largest absolute Gasteiger partial charge is 0.436 e. The second-order valence-corrected chi connectivity index (χ2v) is 8.05. The van der Waals surface area contributed by atoms with Gasteiger partial charge in [0, 0.05) is 16.1 Å². The molecule has 0 aliphatic heterocycles. The van der Waals surface area contributed by atoms with Gasteiger partial charge in [0.15, 0.2) is 5.58 Å². The van der Waals surface area contributed by atoms with Crippen LogP contribution in [0.1, 0.15) is 42.1 Å². The van der Waals surface area contributed by atoms with Crippen LogP contribution in [0.3, 0.4) is 0 Å². The van der Waals surface area contributed by atoms with Crippen LogP contribution in [-0.4, -0.2) is 10.9 Å². The lowest BCUT2D eigenvalue weighted by atomic mass is 9.98. The third kappa shape index (κ3) is 4.20. The number of fused-ring (bicyclic) bond motifs is 1. The van der Waals surface area contributed by atoms with Gasteiger partial charge in [-0.3, -0.25) is 4.79 Å². The van der Waals surface area contributed by atoms with E-state index in [0.29, 0.717) is 33.1 Å². The molecule has 0 saturated heterocycles. The summed E-state index contributed by atoms with van der Waals surface area (Å²) < 4.78 is 5.94. The van der Waals surface area contributed by atoms with E-state index >= 15 is 0 Å². The smallest absolute Gasteiger partial charge is 0.255 e. The lowest BCUT2D eigenvalue weighted by Crippen LogP contribution is -2.12. The van der Waals surface area contributed by atoms with Crippen LogP contribution in [0.2, 0.25) is 10.0 Å². The second kappa shape index (κ2) is 8.50. The maximum absolute atomic E-state index is 12.5. The van der Waals surface area contributed by atoms with Crippen molar-refractivity contribution in [3.05, 3.63) is 81.8 Å². The molecule has 1 atom stereocenters. The summed E-state index contributed by atoms with van der Waals surface area (Å²) in [5.41, 5.74) is 4.46. The highest BCUT2D eigenvalue weighted by atomic mass is 35.5. The van der Waals surface area contributed by atoms with Crippen molar-refractivity contribution < 1.29 is 9.21 Å². The van der Waals surface area contributed by atoms with Crippen LogP contribution in [0.4, 0.5) is 5.69 Å². The summed E-state index contributed by atoms with van der Waals surface area (Å²) >= 11 is 12.2. The van der Waals surface area contributed by atoms with Gasteiger partial charge in [-0.1, -0.05) is 43.1 Å². The van der Waals surface area contributed by atoms with Crippen molar-refractivity contribution in [2.45, 2.75) is 26.2 Å². The molecule has 1 unspecified atom stereocenters. The quantitative estimate of drug-likeness (QED) is 0.349. The molecule has 1 aromatic heterocycles. The molecule has 4 rings (SSSR count). The number of hydrogen-bond acceptors (Lipinski definition) is 3. The number of carbonyl (C=O) groups is 1. The first-order valence-corrected chi connectivity index (χ1v) is 10.5. The Morgan fingerprint density at radius 3 is 2.57 bits per heavy atom. The van der Waals surface area contributed by atoms with Crippen LogP contribution < -0.4 is 5.32 Å². The number of rotatable bonds is 5. The Labute approximate surface area is 184 Å². The van der Waals surface area contributed by atoms with E-state index in [0.717, 1.165) is 23.1 Å². The van der Waals surface area contributed by atoms with E-state index in [1.165, 1.54) is 5.56 Å². The number of nitrogens with one attached hydrogen (secondary N) is 1. The van der Waals surface area contributed by atoms with Crippen LogP contribution in [0, 0.1) is 0 Å². The Kier molecular flexibility index (Phi) is 5.80. The summed E-state index contributed by atoms with van der Waals surface area (Å²) in [6.07, 6.45) is 1.06. The number of carbonyl (C=O) groups excluding carboxylic acids is 1. The number of anilines is 1. The Balaban J connectivity index is 1.64. The van der Waals surface area contributed by atoms with E-state index in [9.17, 15) is 4.79 Å². The standard InChI is InChI=1S/C24H20Cl2N2O2/c1-3-14(2)16-7-11-22-21(12-16)28-24(30-22)17-6-10-19(26)20(13-17)27-23(29)15-4-8-18(25)9-5-15/h4-14H,3H2,1-2H3,(H,27,29). The summed E-state index contributed by atoms with van der Waals surface area (Å²) in [6, 6.07) is 18.0. The highest BCUT2D eigenvalue weighted by Gasteiger charge is 2.14. The summed E-state index contributed by atoms with van der Waals surface area (Å²) in [4.78, 5) is 17.2. The van der Waals surface area contributed by atoms with Crippen molar-refractivity contribution >= 4 is 45.9 Å². The number of oxazole rings is 1. The molecule has 0 aliphatic carbocycles. The van der Waals surface area contributed by atoms with Crippen molar-refractivity contribution in [1.29, 1.82) is 0 Å². The number of aromatic nitrogens is 1. The van der Waals surface area contributed by atoms with E-state index in [2.05, 4.69) is 36.3 Å². The highest BCUT2D eigenvalue weighted by Crippen LogP contribution is 2.32. The first kappa shape index (κ1) is 20.5. The molecule has 0 fully saturated rings. The summed E-state index contributed by atoms with van der Waals surface area (Å²) in [5.74, 6) is 0.659. The van der Waals surface area contributed by atoms with E-state index < -0.39 is 0 Å². The van der Waals surface area contributed by atoms with Gasteiger partial charge >= 0.3 is 0 Å². The van der Waals surface area contributed by atoms with Crippen molar-refractivity contribution in [3.63, 3.8) is 0 Å². The first-order valence-electron chi connectivity index (χ1n) is 9.72. The van der Waals surface area contributed by atoms with Gasteiger partial charge in [0.2, 0.25) is 5.89 Å². The first-order chi connectivity index (χ1) is 14.4. The summed E-state index contributed by atoms with van der Waals surface area (Å²) in [5, 5.41) is 3.83. The molecule has 0 bridgehead atoms. The molecule has 0 aliphatic rings. The molecule has 30 heavy (non-hydrogen) atoms. The van der Waals surface area contributed by atoms with E-state index in [4.69, 9.17) is 27.6 Å². The molecule has 0 radical (unpaired) electrons. The minimum absolute atomic E-state index is 0.276. The Morgan fingerprint density at radius 1 is 1.07 bits per heavy atom. The number of nitrogens with zero attached hydrogens (tertiary/aromatic N) is 1. The molecule has 1 amide bonds. The lowest BCUT2D eigenvalue weighted by molar-refractivity contribution is 0.102. The van der Waals surface area contributed by atoms with E-state index in [1.54, 1.807) is 36.4 Å². The van der Waals surface area contributed by atoms with Crippen LogP contribution in [0.15, 0.2) is 65.1 Å². The summed E-state index contributed by atoms with van der Waals surface area (Å²) in [6.45, 7) is 4.35. The van der Waals surface area contributed by atoms with Gasteiger partial charge in [-0.25, -0.2) is 4.98 Å². The van der Waals surface area contributed by atoms with Gasteiger partial charge in [0.1, 0.15) is 5.52 Å². The number of hydrogen-bond donors (Lipinski definition) is 1. The van der Waals surface area contributed by atoms with Gasteiger partial charge in [0.05, 0.1) is 10.7 Å². The molecule has 0 saturated carbocycles. The molecule has 152 valence electrons. The zero-order valence-corrected chi connectivity index (χ0v) is 18.1. The molecule has 1 N–H and O–H groups in total.